The second-order valence-electron chi connectivity index (χ2n) is 16.6. The summed E-state index contributed by atoms with van der Waals surface area (Å²) in [7, 11) is 0. The summed E-state index contributed by atoms with van der Waals surface area (Å²) in [5, 5.41) is 3.53. The van der Waals surface area contributed by atoms with Crippen molar-refractivity contribution in [1.82, 2.24) is 15.0 Å². The number of fused-ring (bicyclic) bond motifs is 13. The molecule has 9 aromatic carbocycles. The van der Waals surface area contributed by atoms with E-state index in [9.17, 15) is 0 Å². The first-order valence-electron chi connectivity index (χ1n) is 21.8. The van der Waals surface area contributed by atoms with Gasteiger partial charge in [0.05, 0.1) is 28.0 Å². The minimum Gasteiger partial charge on any atom is -0.247 e. The molecule has 0 saturated heterocycles. The molecule has 0 unspecified atom stereocenters. The van der Waals surface area contributed by atoms with Gasteiger partial charge in [-0.3, -0.25) is 0 Å². The minimum atomic E-state index is -0.474. The Kier molecular flexibility index (Phi) is 8.37. The van der Waals surface area contributed by atoms with Crippen molar-refractivity contribution in [1.29, 1.82) is 0 Å². The summed E-state index contributed by atoms with van der Waals surface area (Å²) < 4.78 is 0. The lowest BCUT2D eigenvalue weighted by atomic mass is 9.67. The highest BCUT2D eigenvalue weighted by molar-refractivity contribution is 7.99. The van der Waals surface area contributed by atoms with Crippen LogP contribution in [0.5, 0.6) is 0 Å². The fourth-order valence-corrected chi connectivity index (χ4v) is 11.6. The van der Waals surface area contributed by atoms with Crippen molar-refractivity contribution >= 4 is 33.4 Å². The number of hydrogen-bond donors (Lipinski definition) is 0. The summed E-state index contributed by atoms with van der Waals surface area (Å²) in [6.45, 7) is 0. The van der Waals surface area contributed by atoms with Gasteiger partial charge in [-0.25, -0.2) is 15.0 Å². The zero-order chi connectivity index (χ0) is 42.2. The number of aromatic nitrogens is 3. The number of nitrogens with zero attached hydrogens (tertiary/aromatic N) is 3. The van der Waals surface area contributed by atoms with E-state index in [1.807, 2.05) is 36.0 Å². The first-order valence-corrected chi connectivity index (χ1v) is 22.6. The molecule has 11 aromatic rings. The summed E-state index contributed by atoms with van der Waals surface area (Å²) in [6.07, 6.45) is 0. The lowest BCUT2D eigenvalue weighted by molar-refractivity contribution is 0.726. The Morgan fingerprint density at radius 2 is 0.875 bits per heavy atom. The quantitative estimate of drug-likeness (QED) is 0.162. The fraction of sp³-hybridized carbons (Fsp3) is 0.0167. The molecule has 3 nitrogen and oxygen atoms in total. The van der Waals surface area contributed by atoms with Gasteiger partial charge < -0.3 is 0 Å². The van der Waals surface area contributed by atoms with Gasteiger partial charge >= 0.3 is 0 Å². The third kappa shape index (κ3) is 5.59. The molecule has 0 saturated carbocycles. The molecule has 298 valence electrons. The van der Waals surface area contributed by atoms with Gasteiger partial charge in [-0.05, 0) is 74.2 Å². The van der Waals surface area contributed by atoms with Crippen LogP contribution in [-0.2, 0) is 5.41 Å². The molecule has 0 atom stereocenters. The average Bonchev–Trinajstić information content (AvgIpc) is 3.67. The van der Waals surface area contributed by atoms with Gasteiger partial charge in [-0.2, -0.15) is 0 Å². The predicted molar refractivity (Wildman–Crippen MR) is 263 cm³/mol. The SMILES string of the molecule is c1ccc(-c2cc(-c3ccc(-c4ccc5nc(-c6ccccc6)c6c7c(ccc6c5c4)C4(c5ccccc5S7)c5ccccc5-c5ccccc54)cc3)nc(-c3ccccc3)n2)cc1. The molecule has 13 rings (SSSR count). The van der Waals surface area contributed by atoms with Crippen LogP contribution < -0.4 is 0 Å². The Hall–Kier alpha value is -7.92. The van der Waals surface area contributed by atoms with E-state index in [2.05, 4.69) is 200 Å². The molecular formula is C60H37N3S. The number of benzene rings is 9. The van der Waals surface area contributed by atoms with Crippen molar-refractivity contribution in [3.63, 3.8) is 0 Å². The summed E-state index contributed by atoms with van der Waals surface area (Å²) in [6, 6.07) is 80.8. The van der Waals surface area contributed by atoms with Crippen molar-refractivity contribution < 1.29 is 0 Å². The average molecular weight is 832 g/mol. The number of hydrogen-bond acceptors (Lipinski definition) is 4. The van der Waals surface area contributed by atoms with Crippen molar-refractivity contribution in [3.8, 4) is 67.4 Å². The van der Waals surface area contributed by atoms with Crippen molar-refractivity contribution in [2.75, 3.05) is 0 Å². The Labute approximate surface area is 375 Å². The molecule has 0 N–H and O–H groups in total. The second-order valence-corrected chi connectivity index (χ2v) is 17.7. The summed E-state index contributed by atoms with van der Waals surface area (Å²) in [5.41, 5.74) is 17.7. The third-order valence-electron chi connectivity index (χ3n) is 13.2. The molecule has 0 amide bonds. The first kappa shape index (κ1) is 36.7. The third-order valence-corrected chi connectivity index (χ3v) is 14.4. The van der Waals surface area contributed by atoms with Gasteiger partial charge in [0.2, 0.25) is 0 Å². The van der Waals surface area contributed by atoms with E-state index >= 15 is 0 Å². The first-order chi connectivity index (χ1) is 31.7. The van der Waals surface area contributed by atoms with Crippen LogP contribution in [0.15, 0.2) is 234 Å². The van der Waals surface area contributed by atoms with E-state index in [0.717, 1.165) is 61.4 Å². The zero-order valence-electron chi connectivity index (χ0n) is 34.6. The highest BCUT2D eigenvalue weighted by atomic mass is 32.2. The van der Waals surface area contributed by atoms with E-state index in [4.69, 9.17) is 15.0 Å². The number of rotatable bonds is 5. The fourth-order valence-electron chi connectivity index (χ4n) is 10.3. The molecule has 4 heteroatoms. The summed E-state index contributed by atoms with van der Waals surface area (Å²) in [4.78, 5) is 18.2. The molecular weight excluding hydrogens is 795 g/mol. The molecule has 1 aliphatic heterocycles. The topological polar surface area (TPSA) is 38.7 Å². The minimum absolute atomic E-state index is 0.474. The molecule has 0 fully saturated rings. The van der Waals surface area contributed by atoms with Gasteiger partial charge in [0.1, 0.15) is 0 Å². The van der Waals surface area contributed by atoms with E-state index in [1.165, 1.54) is 53.9 Å². The lowest BCUT2D eigenvalue weighted by Crippen LogP contribution is -2.32. The van der Waals surface area contributed by atoms with Crippen LogP contribution >= 0.6 is 11.8 Å². The van der Waals surface area contributed by atoms with Crippen LogP contribution in [0.2, 0.25) is 0 Å². The maximum absolute atomic E-state index is 5.57. The molecule has 1 aliphatic carbocycles. The molecule has 3 heterocycles. The number of pyridine rings is 1. The summed E-state index contributed by atoms with van der Waals surface area (Å²) in [5.74, 6) is 0.709. The van der Waals surface area contributed by atoms with Crippen molar-refractivity contribution in [2.24, 2.45) is 0 Å². The van der Waals surface area contributed by atoms with Gasteiger partial charge in [-0.1, -0.05) is 212 Å². The molecule has 1 spiro atoms. The van der Waals surface area contributed by atoms with Gasteiger partial charge in [-0.15, -0.1) is 0 Å². The van der Waals surface area contributed by atoms with Crippen molar-refractivity contribution in [3.05, 3.63) is 247 Å². The molecule has 64 heavy (non-hydrogen) atoms. The van der Waals surface area contributed by atoms with Gasteiger partial charge in [0.25, 0.3) is 0 Å². The second kappa shape index (κ2) is 14.6. The van der Waals surface area contributed by atoms with Crippen LogP contribution in [-0.4, -0.2) is 15.0 Å². The molecule has 0 bridgehead atoms. The van der Waals surface area contributed by atoms with Gasteiger partial charge in [0, 0.05) is 42.8 Å². The molecule has 2 aromatic heterocycles. The standard InChI is InChI=1S/C60H37N3S/c1-4-16-39(17-5-1)53-37-54(63-59(62-53)42-20-8-3-9-21-42)40-30-28-38(29-31-40)43-32-35-52-47(36-43)46-33-34-51-58(56(46)57(61-52)41-18-6-2-7-19-41)64-55-27-15-14-26-50(55)60(51)48-24-12-10-22-44(48)45-23-11-13-25-49(45)60/h1-37H. The van der Waals surface area contributed by atoms with Crippen LogP contribution in [0, 0.1) is 0 Å². The van der Waals surface area contributed by atoms with E-state index in [1.54, 1.807) is 0 Å². The van der Waals surface area contributed by atoms with Crippen LogP contribution in [0.3, 0.4) is 0 Å². The lowest BCUT2D eigenvalue weighted by Gasteiger charge is -2.40. The van der Waals surface area contributed by atoms with E-state index in [0.29, 0.717) is 5.82 Å². The van der Waals surface area contributed by atoms with E-state index < -0.39 is 5.41 Å². The normalized spacial score (nSPS) is 13.1. The van der Waals surface area contributed by atoms with E-state index in [-0.39, 0.29) is 0 Å². The zero-order valence-corrected chi connectivity index (χ0v) is 35.4. The smallest absolute Gasteiger partial charge is 0.160 e. The Bertz CT molecular complexity index is 3520. The highest BCUT2D eigenvalue weighted by Gasteiger charge is 2.50. The predicted octanol–water partition coefficient (Wildman–Crippen LogP) is 15.3. The molecule has 2 aliphatic rings. The Balaban J connectivity index is 0.994. The van der Waals surface area contributed by atoms with Gasteiger partial charge in [0.15, 0.2) is 5.82 Å². The van der Waals surface area contributed by atoms with Crippen LogP contribution in [0.4, 0.5) is 0 Å². The van der Waals surface area contributed by atoms with Crippen LogP contribution in [0.1, 0.15) is 22.3 Å². The highest BCUT2D eigenvalue weighted by Crippen LogP contribution is 2.63. The monoisotopic (exact) mass is 831 g/mol. The van der Waals surface area contributed by atoms with Crippen LogP contribution in [0.25, 0.3) is 89.1 Å². The molecule has 0 radical (unpaired) electrons. The Morgan fingerprint density at radius 3 is 1.55 bits per heavy atom. The maximum atomic E-state index is 5.57. The van der Waals surface area contributed by atoms with Crippen molar-refractivity contribution in [2.45, 2.75) is 15.2 Å². The maximum Gasteiger partial charge on any atom is 0.160 e. The largest absolute Gasteiger partial charge is 0.247 e. The summed E-state index contributed by atoms with van der Waals surface area (Å²) >= 11 is 1.89. The Morgan fingerprint density at radius 1 is 0.344 bits per heavy atom.